The molecule has 1 fully saturated rings. The van der Waals surface area contributed by atoms with Crippen LogP contribution in [-0.2, 0) is 62.3 Å². The molecule has 1 unspecified atom stereocenters. The number of carbonyl (C=O) groups excluding carboxylic acids is 12. The smallest absolute Gasteiger partial charge is 0.320 e. The van der Waals surface area contributed by atoms with Crippen LogP contribution in [0.1, 0.15) is 150 Å². The lowest BCUT2D eigenvalue weighted by molar-refractivity contribution is -0.164. The zero-order valence-electron chi connectivity index (χ0n) is 57.5. The molecule has 1 rings (SSSR count). The summed E-state index contributed by atoms with van der Waals surface area (Å²) in [6.07, 6.45) is 2.80. The minimum absolute atomic E-state index is 0.0230. The molecule has 0 radical (unpaired) electrons. The van der Waals surface area contributed by atoms with Crippen LogP contribution in [0.25, 0.3) is 0 Å². The number of esters is 1. The van der Waals surface area contributed by atoms with Gasteiger partial charge >= 0.3 is 5.97 Å². The van der Waals surface area contributed by atoms with Gasteiger partial charge in [-0.3, -0.25) is 57.5 Å². The van der Waals surface area contributed by atoms with Crippen LogP contribution < -0.4 is 27.0 Å². The Kier molecular flexibility index (Phi) is 32.6. The summed E-state index contributed by atoms with van der Waals surface area (Å²) in [5, 5.41) is 11.0. The second-order valence-electron chi connectivity index (χ2n) is 26.3. The van der Waals surface area contributed by atoms with Gasteiger partial charge in [0.2, 0.25) is 65.0 Å². The zero-order chi connectivity index (χ0) is 68.3. The van der Waals surface area contributed by atoms with E-state index in [0.717, 1.165) is 9.80 Å². The molecule has 25 nitrogen and oxygen atoms in total. The Balaban J connectivity index is 4.44. The van der Waals surface area contributed by atoms with Gasteiger partial charge in [0.1, 0.15) is 66.5 Å². The molecule has 11 amide bonds. The standard InChI is InChI=1S/C63H112N12O13/c1-25-27-28-40(15)53(88-48(77)32-64)52-57(81)67-43(26-2)59(83)69(18)33-47(76)73(22)50(38(11)12)56(80)68-49(37(9)10)62(86)70(19)44(29-34(3)4)55(79)65-41(16)54(78)66-42(17)58(82)71(20)45(30-35(5)6)60(84)72(21)46(31-36(7)8)61(85)74(23)51(39(13)14)63(87)75(52)24/h25,27,34-46,49-53H,26,28-33,64H2,1-24H3,(H,65,79)(H,66,78)(H,67,81)(H,68,80)/b27-25+/t40-,41+,42-,43+,44+,45+,46+,49+,50?,51+,52+,53-/m1/s1. The summed E-state index contributed by atoms with van der Waals surface area (Å²) in [6, 6.07) is -12.7. The molecule has 0 aromatic carbocycles. The number of nitrogens with zero attached hydrogens (tertiary/aromatic N) is 7. The van der Waals surface area contributed by atoms with E-state index in [0.29, 0.717) is 0 Å². The van der Waals surface area contributed by atoms with Crippen LogP contribution in [0.4, 0.5) is 0 Å². The van der Waals surface area contributed by atoms with Crippen LogP contribution in [0, 0.1) is 41.4 Å². The van der Waals surface area contributed by atoms with Crippen molar-refractivity contribution in [2.45, 2.75) is 216 Å². The molecule has 0 aromatic heterocycles. The van der Waals surface area contributed by atoms with E-state index < -0.39 is 174 Å². The summed E-state index contributed by atoms with van der Waals surface area (Å²) in [4.78, 5) is 183. The predicted octanol–water partition coefficient (Wildman–Crippen LogP) is 2.39. The third-order valence-electron chi connectivity index (χ3n) is 16.3. The zero-order valence-corrected chi connectivity index (χ0v) is 57.5. The molecular formula is C63H112N12O13. The van der Waals surface area contributed by atoms with Gasteiger partial charge in [-0.05, 0) is 94.3 Å². The number of nitrogens with two attached hydrogens (primary N) is 1. The number of allylic oxidation sites excluding steroid dienone is 2. The molecular weight excluding hydrogens is 1130 g/mol. The topological polar surface area (TPSA) is 311 Å². The number of carbonyl (C=O) groups is 12. The summed E-state index contributed by atoms with van der Waals surface area (Å²) in [7, 11) is 9.79. The molecule has 0 aliphatic carbocycles. The third kappa shape index (κ3) is 21.8. The molecule has 88 heavy (non-hydrogen) atoms. The Morgan fingerprint density at radius 1 is 0.511 bits per heavy atom. The van der Waals surface area contributed by atoms with E-state index >= 15 is 19.2 Å². The summed E-state index contributed by atoms with van der Waals surface area (Å²) in [6.45, 7) is 28.2. The van der Waals surface area contributed by atoms with Crippen LogP contribution in [0.5, 0.6) is 0 Å². The van der Waals surface area contributed by atoms with E-state index in [4.69, 9.17) is 10.5 Å². The molecule has 1 saturated heterocycles. The number of likely N-dealkylation sites (N-methyl/N-ethyl adjacent to an activating group) is 7. The van der Waals surface area contributed by atoms with Crippen LogP contribution in [-0.4, -0.2) is 234 Å². The number of ether oxygens (including phenoxy) is 1. The van der Waals surface area contributed by atoms with Gasteiger partial charge in [-0.1, -0.05) is 109 Å². The molecule has 12 atom stereocenters. The van der Waals surface area contributed by atoms with E-state index in [1.807, 2.05) is 41.5 Å². The lowest BCUT2D eigenvalue weighted by Crippen LogP contribution is -2.64. The number of rotatable bonds is 16. The first-order chi connectivity index (χ1) is 40.7. The van der Waals surface area contributed by atoms with Gasteiger partial charge in [0, 0.05) is 49.3 Å². The maximum absolute atomic E-state index is 15.4. The van der Waals surface area contributed by atoms with Crippen LogP contribution in [0.15, 0.2) is 12.2 Å². The molecule has 0 spiro atoms. The molecule has 0 bridgehead atoms. The minimum atomic E-state index is -1.66. The van der Waals surface area contributed by atoms with Crippen molar-refractivity contribution in [2.75, 3.05) is 62.4 Å². The summed E-state index contributed by atoms with van der Waals surface area (Å²) >= 11 is 0. The van der Waals surface area contributed by atoms with Gasteiger partial charge in [-0.15, -0.1) is 0 Å². The van der Waals surface area contributed by atoms with E-state index in [2.05, 4.69) is 21.3 Å². The fraction of sp³-hybridized carbons (Fsp3) is 0.778. The van der Waals surface area contributed by atoms with Gasteiger partial charge < -0.3 is 66.0 Å². The van der Waals surface area contributed by atoms with Crippen molar-refractivity contribution in [1.29, 1.82) is 0 Å². The van der Waals surface area contributed by atoms with Crippen molar-refractivity contribution in [2.24, 2.45) is 47.2 Å². The second kappa shape index (κ2) is 36.1. The minimum Gasteiger partial charge on any atom is -0.458 e. The average Bonchev–Trinajstić information content (AvgIpc) is 2.66. The Bertz CT molecular complexity index is 2450. The van der Waals surface area contributed by atoms with Gasteiger partial charge in [-0.25, -0.2) is 0 Å². The normalized spacial score (nSPS) is 26.3. The van der Waals surface area contributed by atoms with Crippen molar-refractivity contribution >= 4 is 70.9 Å². The fourth-order valence-corrected chi connectivity index (χ4v) is 11.1. The Hall–Kier alpha value is -6.66. The van der Waals surface area contributed by atoms with Crippen molar-refractivity contribution in [3.05, 3.63) is 12.2 Å². The van der Waals surface area contributed by atoms with E-state index in [-0.39, 0.29) is 49.9 Å². The van der Waals surface area contributed by atoms with Crippen LogP contribution >= 0.6 is 0 Å². The number of nitrogens with one attached hydrogen (secondary N) is 4. The quantitative estimate of drug-likeness (QED) is 0.110. The molecule has 0 saturated carbocycles. The van der Waals surface area contributed by atoms with Crippen molar-refractivity contribution in [3.63, 3.8) is 0 Å². The van der Waals surface area contributed by atoms with E-state index in [9.17, 15) is 38.4 Å². The van der Waals surface area contributed by atoms with Crippen molar-refractivity contribution in [1.82, 2.24) is 55.6 Å². The number of hydrogen-bond acceptors (Lipinski definition) is 14. The van der Waals surface area contributed by atoms with Crippen molar-refractivity contribution < 1.29 is 62.3 Å². The Morgan fingerprint density at radius 2 is 0.955 bits per heavy atom. The predicted molar refractivity (Wildman–Crippen MR) is 337 cm³/mol. The lowest BCUT2D eigenvalue weighted by atomic mass is 9.91. The number of amides is 11. The first-order valence-corrected chi connectivity index (χ1v) is 31.2. The van der Waals surface area contributed by atoms with Crippen LogP contribution in [0.3, 0.4) is 0 Å². The first kappa shape index (κ1) is 79.4. The third-order valence-corrected chi connectivity index (χ3v) is 16.3. The molecule has 1 aliphatic heterocycles. The molecule has 25 heteroatoms. The molecule has 0 aromatic rings. The van der Waals surface area contributed by atoms with E-state index in [1.165, 1.54) is 87.7 Å². The summed E-state index contributed by atoms with van der Waals surface area (Å²) < 4.78 is 5.95. The highest BCUT2D eigenvalue weighted by atomic mass is 16.5. The maximum atomic E-state index is 15.4. The number of hydrogen-bond donors (Lipinski definition) is 5. The van der Waals surface area contributed by atoms with Gasteiger partial charge in [0.25, 0.3) is 0 Å². The molecule has 6 N–H and O–H groups in total. The van der Waals surface area contributed by atoms with Gasteiger partial charge in [0.05, 0.1) is 13.1 Å². The second-order valence-corrected chi connectivity index (χ2v) is 26.3. The highest BCUT2D eigenvalue weighted by Gasteiger charge is 2.47. The lowest BCUT2D eigenvalue weighted by Gasteiger charge is -2.42. The van der Waals surface area contributed by atoms with E-state index in [1.54, 1.807) is 74.5 Å². The van der Waals surface area contributed by atoms with Gasteiger partial charge in [0.15, 0.2) is 0 Å². The first-order valence-electron chi connectivity index (χ1n) is 31.2. The van der Waals surface area contributed by atoms with Crippen molar-refractivity contribution in [3.8, 4) is 0 Å². The fourth-order valence-electron chi connectivity index (χ4n) is 11.1. The largest absolute Gasteiger partial charge is 0.458 e. The molecule has 502 valence electrons. The molecule has 1 heterocycles. The Morgan fingerprint density at radius 3 is 1.41 bits per heavy atom. The Labute approximate surface area is 525 Å². The SMILES string of the molecule is C/C=C/C[C@@H](C)[C@@H](OC(=O)CN)[C@H]1C(=O)N[C@@H](CC)C(=O)N(C)CC(=O)N(C)C(C(C)C)C(=O)N[C@@H](C(C)C)C(=O)N(C)[C@@H](CC(C)C)C(=O)N[C@@H](C)C(=O)N[C@H](C)C(=O)N(C)[C@@H](CC(C)C)C(=O)N(C)[C@@H](CC(C)C)C(=O)N(C)[C@@H](C(C)C)C(=O)N1C. The summed E-state index contributed by atoms with van der Waals surface area (Å²) in [5.74, 6) is -11.5. The molecule has 1 aliphatic rings. The van der Waals surface area contributed by atoms with Crippen LogP contribution in [0.2, 0.25) is 0 Å². The average molecular weight is 1250 g/mol. The highest BCUT2D eigenvalue weighted by molar-refractivity contribution is 5.99. The summed E-state index contributed by atoms with van der Waals surface area (Å²) in [5.41, 5.74) is 5.78. The highest BCUT2D eigenvalue weighted by Crippen LogP contribution is 2.27. The van der Waals surface area contributed by atoms with Gasteiger partial charge in [-0.2, -0.15) is 0 Å². The monoisotopic (exact) mass is 1240 g/mol. The maximum Gasteiger partial charge on any atom is 0.320 e.